The zero-order valence-electron chi connectivity index (χ0n) is 25.4. The molecule has 0 bridgehead atoms. The first-order chi connectivity index (χ1) is 21.1. The first-order valence-corrected chi connectivity index (χ1v) is 16.2. The summed E-state index contributed by atoms with van der Waals surface area (Å²) in [6, 6.07) is 28.9. The minimum atomic E-state index is -0.353. The van der Waals surface area contributed by atoms with Gasteiger partial charge in [-0.25, -0.2) is 0 Å². The van der Waals surface area contributed by atoms with Crippen molar-refractivity contribution in [1.82, 2.24) is 9.80 Å². The molecule has 43 heavy (non-hydrogen) atoms. The molecule has 2 fully saturated rings. The van der Waals surface area contributed by atoms with E-state index < -0.39 is 0 Å². The number of nitrogens with zero attached hydrogens (tertiary/aromatic N) is 2. The highest BCUT2D eigenvalue weighted by atomic mass is 16.5. The van der Waals surface area contributed by atoms with Crippen LogP contribution < -0.4 is 10.5 Å². The highest BCUT2D eigenvalue weighted by molar-refractivity contribution is 5.94. The second-order valence-electron chi connectivity index (χ2n) is 12.3. The number of nitrogens with two attached hydrogens (primary N) is 1. The van der Waals surface area contributed by atoms with Crippen molar-refractivity contribution in [3.8, 4) is 5.75 Å². The number of rotatable bonds is 13. The van der Waals surface area contributed by atoms with Gasteiger partial charge in [0.2, 0.25) is 5.91 Å². The van der Waals surface area contributed by atoms with E-state index in [4.69, 9.17) is 10.5 Å². The van der Waals surface area contributed by atoms with Crippen molar-refractivity contribution in [3.63, 3.8) is 0 Å². The number of amides is 2. The van der Waals surface area contributed by atoms with Crippen molar-refractivity contribution in [1.29, 1.82) is 0 Å². The first-order valence-electron chi connectivity index (χ1n) is 16.2. The fourth-order valence-corrected chi connectivity index (χ4v) is 7.06. The van der Waals surface area contributed by atoms with Gasteiger partial charge in [-0.05, 0) is 67.7 Å². The lowest BCUT2D eigenvalue weighted by atomic mass is 9.76. The van der Waals surface area contributed by atoms with Gasteiger partial charge in [-0.1, -0.05) is 86.0 Å². The van der Waals surface area contributed by atoms with Crippen LogP contribution in [0.5, 0.6) is 5.75 Å². The van der Waals surface area contributed by atoms with E-state index in [-0.39, 0.29) is 18.2 Å². The van der Waals surface area contributed by atoms with Gasteiger partial charge in [-0.2, -0.15) is 0 Å². The third-order valence-electron chi connectivity index (χ3n) is 9.35. The molecule has 3 aromatic rings. The molecule has 1 atom stereocenters. The second kappa shape index (κ2) is 15.7. The molecular weight excluding hydrogens is 534 g/mol. The van der Waals surface area contributed by atoms with Crippen molar-refractivity contribution in [2.75, 3.05) is 32.8 Å². The van der Waals surface area contributed by atoms with Gasteiger partial charge in [0.05, 0.1) is 13.0 Å². The van der Waals surface area contributed by atoms with E-state index in [1.54, 1.807) is 0 Å². The summed E-state index contributed by atoms with van der Waals surface area (Å²) in [5.41, 5.74) is 8.52. The number of benzene rings is 3. The molecule has 6 heteroatoms. The number of carbonyl (C=O) groups excluding carboxylic acids is 2. The maximum atomic E-state index is 13.2. The van der Waals surface area contributed by atoms with Gasteiger partial charge in [0.15, 0.2) is 0 Å². The Labute approximate surface area is 257 Å². The van der Waals surface area contributed by atoms with E-state index in [0.29, 0.717) is 24.5 Å². The van der Waals surface area contributed by atoms with Crippen LogP contribution in [0.3, 0.4) is 0 Å². The van der Waals surface area contributed by atoms with Crippen LogP contribution in [0.4, 0.5) is 0 Å². The smallest absolute Gasteiger partial charge is 0.253 e. The minimum absolute atomic E-state index is 0.137. The number of carbonyl (C=O) groups is 2. The van der Waals surface area contributed by atoms with Gasteiger partial charge in [0.25, 0.3) is 5.91 Å². The van der Waals surface area contributed by atoms with Gasteiger partial charge < -0.3 is 15.4 Å². The first kappa shape index (κ1) is 30.8. The molecule has 2 N–H and O–H groups in total. The molecule has 0 spiro atoms. The summed E-state index contributed by atoms with van der Waals surface area (Å²) >= 11 is 0. The van der Waals surface area contributed by atoms with Crippen LogP contribution in [0.2, 0.25) is 0 Å². The molecule has 1 saturated heterocycles. The largest absolute Gasteiger partial charge is 0.493 e. The molecule has 0 aromatic heterocycles. The van der Waals surface area contributed by atoms with E-state index in [2.05, 4.69) is 35.2 Å². The topological polar surface area (TPSA) is 75.9 Å². The summed E-state index contributed by atoms with van der Waals surface area (Å²) in [5.74, 6) is 1.73. The summed E-state index contributed by atoms with van der Waals surface area (Å²) in [6.45, 7) is 4.11. The Morgan fingerprint density at radius 1 is 0.837 bits per heavy atom. The molecule has 1 unspecified atom stereocenters. The lowest BCUT2D eigenvalue weighted by Gasteiger charge is -2.42. The van der Waals surface area contributed by atoms with E-state index in [0.717, 1.165) is 62.3 Å². The Morgan fingerprint density at radius 2 is 1.49 bits per heavy atom. The summed E-state index contributed by atoms with van der Waals surface area (Å²) < 4.78 is 6.19. The molecule has 3 aromatic carbocycles. The zero-order valence-corrected chi connectivity index (χ0v) is 25.4. The molecule has 228 valence electrons. The molecule has 5 rings (SSSR count). The molecule has 6 nitrogen and oxygen atoms in total. The Hall–Kier alpha value is -3.64. The van der Waals surface area contributed by atoms with Gasteiger partial charge in [-0.3, -0.25) is 14.5 Å². The summed E-state index contributed by atoms with van der Waals surface area (Å²) in [5, 5.41) is 0. The SMILES string of the molecule is NC(=O)Cc1ccccc1OCCCN(CC(c1ccccc1)C1CCCCC1)C1CCN(C(=O)c2ccccc2)CC1. The average molecular weight is 582 g/mol. The van der Waals surface area contributed by atoms with Crippen LogP contribution in [0, 0.1) is 5.92 Å². The monoisotopic (exact) mass is 581 g/mol. The number of likely N-dealkylation sites (tertiary alicyclic amines) is 1. The maximum Gasteiger partial charge on any atom is 0.253 e. The van der Waals surface area contributed by atoms with E-state index in [1.807, 2.05) is 59.5 Å². The molecule has 2 amide bonds. The fourth-order valence-electron chi connectivity index (χ4n) is 7.06. The second-order valence-corrected chi connectivity index (χ2v) is 12.3. The van der Waals surface area contributed by atoms with Crippen molar-refractivity contribution in [2.24, 2.45) is 11.7 Å². The summed E-state index contributed by atoms with van der Waals surface area (Å²) in [6.07, 6.45) is 9.64. The number of hydrogen-bond acceptors (Lipinski definition) is 4. The van der Waals surface area contributed by atoms with Crippen LogP contribution in [-0.2, 0) is 11.2 Å². The van der Waals surface area contributed by atoms with E-state index in [9.17, 15) is 9.59 Å². The number of para-hydroxylation sites is 1. The Morgan fingerprint density at radius 3 is 2.19 bits per heavy atom. The Balaban J connectivity index is 1.27. The van der Waals surface area contributed by atoms with Gasteiger partial charge in [0, 0.05) is 43.3 Å². The zero-order chi connectivity index (χ0) is 29.9. The Bertz CT molecular complexity index is 1280. The predicted octanol–water partition coefficient (Wildman–Crippen LogP) is 6.45. The minimum Gasteiger partial charge on any atom is -0.493 e. The molecule has 1 aliphatic carbocycles. The van der Waals surface area contributed by atoms with Crippen molar-refractivity contribution in [3.05, 3.63) is 102 Å². The van der Waals surface area contributed by atoms with Crippen molar-refractivity contribution >= 4 is 11.8 Å². The average Bonchev–Trinajstić information content (AvgIpc) is 3.06. The molecule has 0 radical (unpaired) electrons. The fraction of sp³-hybridized carbons (Fsp3) is 0.459. The van der Waals surface area contributed by atoms with E-state index >= 15 is 0 Å². The highest BCUT2D eigenvalue weighted by Gasteiger charge is 2.32. The molecule has 2 aliphatic rings. The molecule has 1 saturated carbocycles. The lowest BCUT2D eigenvalue weighted by molar-refractivity contribution is -0.117. The van der Waals surface area contributed by atoms with Crippen molar-refractivity contribution in [2.45, 2.75) is 69.7 Å². The summed E-state index contributed by atoms with van der Waals surface area (Å²) in [7, 11) is 0. The highest BCUT2D eigenvalue weighted by Crippen LogP contribution is 2.37. The maximum absolute atomic E-state index is 13.2. The normalized spacial score (nSPS) is 17.1. The number of ether oxygens (including phenoxy) is 1. The van der Waals surface area contributed by atoms with Crippen LogP contribution >= 0.6 is 0 Å². The third-order valence-corrected chi connectivity index (χ3v) is 9.35. The van der Waals surface area contributed by atoms with Crippen LogP contribution in [0.15, 0.2) is 84.9 Å². The van der Waals surface area contributed by atoms with Gasteiger partial charge in [-0.15, -0.1) is 0 Å². The van der Waals surface area contributed by atoms with Crippen LogP contribution in [-0.4, -0.2) is 60.4 Å². The number of primary amides is 1. The Kier molecular flexibility index (Phi) is 11.3. The van der Waals surface area contributed by atoms with Crippen LogP contribution in [0.25, 0.3) is 0 Å². The standard InChI is InChI=1S/C37H47N3O3/c38-36(41)27-32-19-10-11-20-35(32)43-26-12-23-40(28-34(29-13-4-1-5-14-29)30-15-6-2-7-16-30)33-21-24-39(25-22-33)37(42)31-17-8-3-9-18-31/h1,3-5,8-11,13-14,17-20,30,33-34H,2,6-7,12,15-16,21-28H2,(H2,38,41). The summed E-state index contributed by atoms with van der Waals surface area (Å²) in [4.78, 5) is 29.4. The molecule has 1 aliphatic heterocycles. The van der Waals surface area contributed by atoms with E-state index in [1.165, 1.54) is 37.7 Å². The lowest BCUT2D eigenvalue weighted by Crippen LogP contribution is -2.48. The predicted molar refractivity (Wildman–Crippen MR) is 172 cm³/mol. The number of hydrogen-bond donors (Lipinski definition) is 1. The quantitative estimate of drug-likeness (QED) is 0.235. The van der Waals surface area contributed by atoms with Crippen molar-refractivity contribution < 1.29 is 14.3 Å². The van der Waals surface area contributed by atoms with Gasteiger partial charge in [0.1, 0.15) is 5.75 Å². The van der Waals surface area contributed by atoms with Crippen LogP contribution in [0.1, 0.15) is 78.8 Å². The third kappa shape index (κ3) is 8.70. The molecule has 1 heterocycles. The molecular formula is C37H47N3O3. The van der Waals surface area contributed by atoms with Gasteiger partial charge >= 0.3 is 0 Å². The number of piperidine rings is 1.